The van der Waals surface area contributed by atoms with Crippen molar-refractivity contribution in [2.24, 2.45) is 0 Å². The Morgan fingerprint density at radius 2 is 0.830 bits per heavy atom. The molecule has 0 aliphatic carbocycles. The fraction of sp³-hybridized carbons (Fsp3) is 0. The van der Waals surface area contributed by atoms with Gasteiger partial charge in [0.05, 0.1) is 22.4 Å². The van der Waals surface area contributed by atoms with E-state index in [0.29, 0.717) is 5.82 Å². The van der Waals surface area contributed by atoms with E-state index in [2.05, 4.69) is 180 Å². The minimum atomic E-state index is 0.703. The van der Waals surface area contributed by atoms with Crippen LogP contribution in [0.2, 0.25) is 0 Å². The van der Waals surface area contributed by atoms with E-state index in [0.717, 1.165) is 33.8 Å². The zero-order chi connectivity index (χ0) is 34.9. The van der Waals surface area contributed by atoms with Gasteiger partial charge in [0.25, 0.3) is 0 Å². The summed E-state index contributed by atoms with van der Waals surface area (Å²) in [6.45, 7) is 0. The lowest BCUT2D eigenvalue weighted by molar-refractivity contribution is 1.17. The smallest absolute Gasteiger partial charge is 0.160 e. The van der Waals surface area contributed by atoms with E-state index < -0.39 is 0 Å². The van der Waals surface area contributed by atoms with Crippen LogP contribution in [0.5, 0.6) is 0 Å². The highest BCUT2D eigenvalue weighted by molar-refractivity contribution is 6.29. The normalized spacial score (nSPS) is 11.8. The molecule has 0 aliphatic heterocycles. The Morgan fingerprint density at radius 3 is 1.43 bits per heavy atom. The first-order valence-electron chi connectivity index (χ1n) is 18.1. The summed E-state index contributed by atoms with van der Waals surface area (Å²) in [6, 6.07) is 67.3. The number of hydrogen-bond acceptors (Lipinski definition) is 2. The minimum absolute atomic E-state index is 0.703. The highest BCUT2D eigenvalue weighted by Crippen LogP contribution is 2.42. The summed E-state index contributed by atoms with van der Waals surface area (Å²) >= 11 is 0. The molecule has 0 radical (unpaired) electrons. The van der Waals surface area contributed by atoms with Gasteiger partial charge in [0.2, 0.25) is 0 Å². The summed E-state index contributed by atoms with van der Waals surface area (Å²) in [5.74, 6) is 0.703. The van der Waals surface area contributed by atoms with Crippen LogP contribution in [0.4, 0.5) is 0 Å². The summed E-state index contributed by atoms with van der Waals surface area (Å²) in [4.78, 5) is 10.2. The Balaban J connectivity index is 1.16. The summed E-state index contributed by atoms with van der Waals surface area (Å²) in [7, 11) is 0. The molecule has 0 saturated heterocycles. The van der Waals surface area contributed by atoms with Gasteiger partial charge in [-0.1, -0.05) is 146 Å². The summed E-state index contributed by atoms with van der Waals surface area (Å²) < 4.78 is 2.46. The quantitative estimate of drug-likeness (QED) is 0.174. The maximum Gasteiger partial charge on any atom is 0.160 e. The fourth-order valence-electron chi connectivity index (χ4n) is 8.29. The number of hydrogen-bond donors (Lipinski definition) is 0. The highest BCUT2D eigenvalue weighted by Gasteiger charge is 2.19. The number of aromatic nitrogens is 3. The van der Waals surface area contributed by atoms with Crippen molar-refractivity contribution >= 4 is 64.9 Å². The zero-order valence-electron chi connectivity index (χ0n) is 28.7. The molecule has 9 aromatic carbocycles. The van der Waals surface area contributed by atoms with Crippen molar-refractivity contribution < 1.29 is 0 Å². The molecule has 0 amide bonds. The van der Waals surface area contributed by atoms with Gasteiger partial charge in [-0.25, -0.2) is 9.97 Å². The topological polar surface area (TPSA) is 30.7 Å². The maximum absolute atomic E-state index is 5.10. The standard InChI is InChI=1S/C50H31N3/c1-3-14-33(15-4-1)46-31-47(34-16-5-2-6-17-34)52-50(51-46)35-23-26-36(27-24-35)53-48-30-44-41-22-12-10-20-39(41)38-19-9-11-21-40(38)43(44)29-45(48)42-28-25-32-13-7-8-18-37(32)49(42)53/h1-31H. The Bertz CT molecular complexity index is 3140. The van der Waals surface area contributed by atoms with E-state index in [4.69, 9.17) is 9.97 Å². The van der Waals surface area contributed by atoms with Gasteiger partial charge in [0.15, 0.2) is 5.82 Å². The van der Waals surface area contributed by atoms with Gasteiger partial charge in [-0.15, -0.1) is 0 Å². The van der Waals surface area contributed by atoms with Crippen LogP contribution < -0.4 is 0 Å². The number of fused-ring (bicyclic) bond motifs is 11. The molecule has 0 saturated carbocycles. The van der Waals surface area contributed by atoms with Gasteiger partial charge in [-0.05, 0) is 80.2 Å². The van der Waals surface area contributed by atoms with Gasteiger partial charge in [0, 0.05) is 38.5 Å². The molecule has 11 aromatic rings. The van der Waals surface area contributed by atoms with Crippen LogP contribution in [0.25, 0.3) is 104 Å². The number of benzene rings is 9. The molecular formula is C50H31N3. The Labute approximate surface area is 306 Å². The first-order chi connectivity index (χ1) is 26.3. The van der Waals surface area contributed by atoms with Gasteiger partial charge in [-0.3, -0.25) is 0 Å². The molecule has 0 aliphatic rings. The van der Waals surface area contributed by atoms with Gasteiger partial charge in [0.1, 0.15) is 0 Å². The molecule has 2 aromatic heterocycles. The molecule has 0 spiro atoms. The maximum atomic E-state index is 5.10. The van der Waals surface area contributed by atoms with Crippen LogP contribution in [0.3, 0.4) is 0 Å². The third kappa shape index (κ3) is 4.68. The van der Waals surface area contributed by atoms with Crippen molar-refractivity contribution in [3.63, 3.8) is 0 Å². The van der Waals surface area contributed by atoms with Gasteiger partial charge >= 0.3 is 0 Å². The van der Waals surface area contributed by atoms with Crippen molar-refractivity contribution in [1.82, 2.24) is 14.5 Å². The van der Waals surface area contributed by atoms with E-state index in [1.165, 1.54) is 64.9 Å². The third-order valence-corrected chi connectivity index (χ3v) is 10.8. The molecular weight excluding hydrogens is 643 g/mol. The van der Waals surface area contributed by atoms with Crippen LogP contribution in [-0.4, -0.2) is 14.5 Å². The predicted octanol–water partition coefficient (Wildman–Crippen LogP) is 13.2. The Hall–Kier alpha value is -7.10. The van der Waals surface area contributed by atoms with Gasteiger partial charge in [-0.2, -0.15) is 0 Å². The molecule has 3 heteroatoms. The van der Waals surface area contributed by atoms with E-state index in [1.54, 1.807) is 0 Å². The van der Waals surface area contributed by atoms with E-state index >= 15 is 0 Å². The molecule has 11 rings (SSSR count). The molecule has 0 unspecified atom stereocenters. The fourth-order valence-corrected chi connectivity index (χ4v) is 8.29. The Morgan fingerprint density at radius 1 is 0.321 bits per heavy atom. The van der Waals surface area contributed by atoms with Crippen molar-refractivity contribution in [3.05, 3.63) is 188 Å². The molecule has 3 nitrogen and oxygen atoms in total. The van der Waals surface area contributed by atoms with Gasteiger partial charge < -0.3 is 4.57 Å². The van der Waals surface area contributed by atoms with Crippen LogP contribution in [0.15, 0.2) is 188 Å². The van der Waals surface area contributed by atoms with Crippen molar-refractivity contribution in [3.8, 4) is 39.6 Å². The molecule has 246 valence electrons. The minimum Gasteiger partial charge on any atom is -0.309 e. The average Bonchev–Trinajstić information content (AvgIpc) is 3.57. The lowest BCUT2D eigenvalue weighted by Crippen LogP contribution is -1.97. The predicted molar refractivity (Wildman–Crippen MR) is 223 cm³/mol. The van der Waals surface area contributed by atoms with Crippen molar-refractivity contribution in [1.29, 1.82) is 0 Å². The molecule has 0 bridgehead atoms. The second kappa shape index (κ2) is 11.7. The van der Waals surface area contributed by atoms with E-state index in [9.17, 15) is 0 Å². The highest BCUT2D eigenvalue weighted by atomic mass is 15.0. The zero-order valence-corrected chi connectivity index (χ0v) is 28.7. The van der Waals surface area contributed by atoms with Crippen LogP contribution in [-0.2, 0) is 0 Å². The lowest BCUT2D eigenvalue weighted by Gasteiger charge is -2.13. The molecule has 0 atom stereocenters. The Kier molecular flexibility index (Phi) is 6.55. The second-order valence-electron chi connectivity index (χ2n) is 13.8. The third-order valence-electron chi connectivity index (χ3n) is 10.8. The summed E-state index contributed by atoms with van der Waals surface area (Å²) in [5.41, 5.74) is 8.39. The van der Waals surface area contributed by atoms with Crippen molar-refractivity contribution in [2.75, 3.05) is 0 Å². The van der Waals surface area contributed by atoms with E-state index in [-0.39, 0.29) is 0 Å². The molecule has 0 N–H and O–H groups in total. The largest absolute Gasteiger partial charge is 0.309 e. The van der Waals surface area contributed by atoms with Crippen molar-refractivity contribution in [2.45, 2.75) is 0 Å². The monoisotopic (exact) mass is 673 g/mol. The number of nitrogens with zero attached hydrogens (tertiary/aromatic N) is 3. The van der Waals surface area contributed by atoms with Crippen LogP contribution in [0.1, 0.15) is 0 Å². The molecule has 2 heterocycles. The number of rotatable bonds is 4. The average molecular weight is 674 g/mol. The first-order valence-corrected chi connectivity index (χ1v) is 18.1. The van der Waals surface area contributed by atoms with Crippen LogP contribution >= 0.6 is 0 Å². The molecule has 0 fully saturated rings. The van der Waals surface area contributed by atoms with Crippen LogP contribution in [0, 0.1) is 0 Å². The lowest BCUT2D eigenvalue weighted by atomic mass is 9.93. The first kappa shape index (κ1) is 29.6. The SMILES string of the molecule is c1ccc(-c2cc(-c3ccccc3)nc(-c3ccc(-n4c5cc6c7ccccc7c7ccccc7c6cc5c5ccc6ccccc6c54)cc3)n2)cc1. The summed E-state index contributed by atoms with van der Waals surface area (Å²) in [5, 5.41) is 12.6. The summed E-state index contributed by atoms with van der Waals surface area (Å²) in [6.07, 6.45) is 0. The second-order valence-corrected chi connectivity index (χ2v) is 13.8. The van der Waals surface area contributed by atoms with E-state index in [1.807, 2.05) is 12.1 Å². The molecule has 53 heavy (non-hydrogen) atoms.